The number of esters is 1. The highest BCUT2D eigenvalue weighted by atomic mass is 31.2. The number of H-pyrrole nitrogens is 1. The first-order valence-electron chi connectivity index (χ1n) is 11.9. The molecule has 2 aliphatic rings. The molecule has 0 unspecified atom stereocenters. The molecule has 202 valence electrons. The second kappa shape index (κ2) is 11.1. The zero-order valence-electron chi connectivity index (χ0n) is 20.7. The van der Waals surface area contributed by atoms with Crippen LogP contribution >= 0.6 is 7.75 Å². The summed E-state index contributed by atoms with van der Waals surface area (Å²) in [6.45, 7) is 2.42. The molecule has 1 aliphatic heterocycles. The molecule has 0 amide bonds. The Bertz CT molecular complexity index is 1440. The van der Waals surface area contributed by atoms with Crippen molar-refractivity contribution in [2.45, 2.75) is 57.1 Å². The maximum Gasteiger partial charge on any atom is 0.459 e. The number of rotatable bonds is 10. The van der Waals surface area contributed by atoms with Gasteiger partial charge in [0.25, 0.3) is 5.56 Å². The van der Waals surface area contributed by atoms with Crippen molar-refractivity contribution in [3.05, 3.63) is 74.8 Å². The van der Waals surface area contributed by atoms with Crippen LogP contribution in [0, 0.1) is 25.1 Å². The first kappa shape index (κ1) is 27.5. The topological polar surface area (TPSA) is 138 Å². The van der Waals surface area contributed by atoms with Crippen molar-refractivity contribution in [1.82, 2.24) is 14.6 Å². The highest BCUT2D eigenvalue weighted by Crippen LogP contribution is 2.47. The smallest absolute Gasteiger partial charge is 0.459 e. The third-order valence-corrected chi connectivity index (χ3v) is 7.66. The van der Waals surface area contributed by atoms with Crippen LogP contribution in [0.15, 0.2) is 52.2 Å². The fraction of sp³-hybridized carbons (Fsp3) is 0.400. The molecule has 13 heteroatoms. The van der Waals surface area contributed by atoms with Crippen LogP contribution in [0.3, 0.4) is 0 Å². The van der Waals surface area contributed by atoms with Gasteiger partial charge in [-0.3, -0.25) is 23.7 Å². The Morgan fingerprint density at radius 3 is 2.84 bits per heavy atom. The number of carbonyl (C=O) groups excluding carboxylic acids is 1. The molecule has 2 N–H and O–H groups in total. The van der Waals surface area contributed by atoms with Gasteiger partial charge in [0.05, 0.1) is 0 Å². The van der Waals surface area contributed by atoms with Gasteiger partial charge in [-0.2, -0.15) is 5.09 Å². The standard InChI is InChI=1S/C25H27FN3O8P/c1-4-25(12-11-21(36-25)29-14-16(2)22(30)27-24(29)32)15-34-38(33,37-20-10-5-7-18(26)13-20)28-17(3)23(31)35-19-8-6-9-19/h1,5,7,10-14,17,19,21H,6,8-9,15H2,2-3H3,(H,28,33)(H,27,30,32)/t17-,21+,25-,38-/m0/s1. The number of aromatic nitrogens is 2. The number of aryl methyl sites for hydroxylation is 1. The Kier molecular flexibility index (Phi) is 8.04. The van der Waals surface area contributed by atoms with Crippen LogP contribution < -0.4 is 20.9 Å². The van der Waals surface area contributed by atoms with Gasteiger partial charge in [-0.1, -0.05) is 12.0 Å². The van der Waals surface area contributed by atoms with Gasteiger partial charge in [0, 0.05) is 17.8 Å². The van der Waals surface area contributed by atoms with Crippen LogP contribution in [-0.2, 0) is 23.4 Å². The first-order chi connectivity index (χ1) is 18.0. The maximum absolute atomic E-state index is 13.8. The van der Waals surface area contributed by atoms with E-state index in [0.29, 0.717) is 0 Å². The number of benzene rings is 1. The zero-order chi connectivity index (χ0) is 27.5. The third kappa shape index (κ3) is 6.31. The molecular formula is C25H27FN3O8P. The molecule has 1 aromatic heterocycles. The predicted molar refractivity (Wildman–Crippen MR) is 134 cm³/mol. The number of hydrogen-bond donors (Lipinski definition) is 2. The summed E-state index contributed by atoms with van der Waals surface area (Å²) in [5.41, 5.74) is -2.57. The van der Waals surface area contributed by atoms with Crippen LogP contribution in [0.25, 0.3) is 0 Å². The summed E-state index contributed by atoms with van der Waals surface area (Å²) in [5.74, 6) is 0.994. The van der Waals surface area contributed by atoms with E-state index in [-0.39, 0.29) is 17.4 Å². The summed E-state index contributed by atoms with van der Waals surface area (Å²) in [6, 6.07) is 3.78. The van der Waals surface area contributed by atoms with Crippen molar-refractivity contribution in [3.63, 3.8) is 0 Å². The average Bonchev–Trinajstić information content (AvgIpc) is 3.27. The molecule has 4 atom stereocenters. The predicted octanol–water partition coefficient (Wildman–Crippen LogP) is 2.72. The molecule has 0 spiro atoms. The van der Waals surface area contributed by atoms with Crippen LogP contribution in [-0.4, -0.2) is 39.9 Å². The maximum atomic E-state index is 13.8. The SMILES string of the molecule is C#C[C@@]1(CO[P@@](=O)(N[C@@H](C)C(=O)OC2CCC2)Oc2cccc(F)c2)C=C[C@H](n2cc(C)c(=O)[nH]c2=O)O1. The first-order valence-corrected chi connectivity index (χ1v) is 13.4. The van der Waals surface area contributed by atoms with Crippen LogP contribution in [0.5, 0.6) is 5.75 Å². The molecule has 4 rings (SSSR count). The lowest BCUT2D eigenvalue weighted by Crippen LogP contribution is -2.40. The molecule has 1 fully saturated rings. The molecule has 11 nitrogen and oxygen atoms in total. The Morgan fingerprint density at radius 2 is 2.18 bits per heavy atom. The lowest BCUT2D eigenvalue weighted by molar-refractivity contribution is -0.154. The van der Waals surface area contributed by atoms with Gasteiger partial charge >= 0.3 is 19.4 Å². The molecule has 1 aliphatic carbocycles. The van der Waals surface area contributed by atoms with E-state index < -0.39 is 55.3 Å². The van der Waals surface area contributed by atoms with Crippen molar-refractivity contribution in [2.24, 2.45) is 0 Å². The number of nitrogens with one attached hydrogen (secondary N) is 2. The number of nitrogens with zero attached hydrogens (tertiary/aromatic N) is 1. The number of aromatic amines is 1. The van der Waals surface area contributed by atoms with E-state index in [2.05, 4.69) is 16.0 Å². The van der Waals surface area contributed by atoms with Gasteiger partial charge in [-0.15, -0.1) is 6.42 Å². The lowest BCUT2D eigenvalue weighted by Gasteiger charge is -2.29. The minimum atomic E-state index is -4.37. The summed E-state index contributed by atoms with van der Waals surface area (Å²) >= 11 is 0. The zero-order valence-corrected chi connectivity index (χ0v) is 21.6. The van der Waals surface area contributed by atoms with Gasteiger partial charge in [0.1, 0.15) is 30.3 Å². The van der Waals surface area contributed by atoms with Gasteiger partial charge in [0.15, 0.2) is 11.8 Å². The monoisotopic (exact) mass is 547 g/mol. The van der Waals surface area contributed by atoms with Crippen molar-refractivity contribution in [1.29, 1.82) is 0 Å². The van der Waals surface area contributed by atoms with Crippen molar-refractivity contribution in [2.75, 3.05) is 6.61 Å². The molecule has 1 saturated carbocycles. The number of ether oxygens (including phenoxy) is 2. The highest BCUT2D eigenvalue weighted by Gasteiger charge is 2.41. The van der Waals surface area contributed by atoms with E-state index >= 15 is 0 Å². The van der Waals surface area contributed by atoms with Crippen molar-refractivity contribution < 1.29 is 32.3 Å². The van der Waals surface area contributed by atoms with Crippen LogP contribution in [0.1, 0.15) is 38.0 Å². The Morgan fingerprint density at radius 1 is 1.42 bits per heavy atom. The van der Waals surface area contributed by atoms with Crippen molar-refractivity contribution in [3.8, 4) is 18.1 Å². The number of terminal acetylenes is 1. The van der Waals surface area contributed by atoms with E-state index in [1.807, 2.05) is 0 Å². The second-order valence-electron chi connectivity index (χ2n) is 9.04. The molecule has 0 radical (unpaired) electrons. The molecule has 1 aromatic carbocycles. The molecule has 0 saturated heterocycles. The quantitative estimate of drug-likeness (QED) is 0.199. The fourth-order valence-corrected chi connectivity index (χ4v) is 5.15. The lowest BCUT2D eigenvalue weighted by atomic mass is 9.96. The summed E-state index contributed by atoms with van der Waals surface area (Å²) in [6.07, 6.45) is 11.2. The van der Waals surface area contributed by atoms with E-state index in [1.54, 1.807) is 0 Å². The van der Waals surface area contributed by atoms with E-state index in [9.17, 15) is 23.3 Å². The number of hydrogen-bond acceptors (Lipinski definition) is 8. The Hall–Kier alpha value is -3.49. The van der Waals surface area contributed by atoms with Gasteiger partial charge < -0.3 is 14.0 Å². The van der Waals surface area contributed by atoms with E-state index in [1.165, 1.54) is 50.4 Å². The number of carbonyl (C=O) groups is 1. The summed E-state index contributed by atoms with van der Waals surface area (Å²) < 4.78 is 50.9. The molecular weight excluding hydrogens is 520 g/mol. The fourth-order valence-electron chi connectivity index (χ4n) is 3.64. The average molecular weight is 547 g/mol. The van der Waals surface area contributed by atoms with Crippen LogP contribution in [0.2, 0.25) is 0 Å². The Labute approximate surface area is 217 Å². The molecule has 2 heterocycles. The normalized spacial score (nSPS) is 23.2. The second-order valence-corrected chi connectivity index (χ2v) is 10.7. The summed E-state index contributed by atoms with van der Waals surface area (Å²) in [4.78, 5) is 38.6. The largest absolute Gasteiger partial charge is 0.461 e. The third-order valence-electron chi connectivity index (χ3n) is 6.04. The minimum Gasteiger partial charge on any atom is -0.461 e. The van der Waals surface area contributed by atoms with Gasteiger partial charge in [-0.05, 0) is 57.4 Å². The summed E-state index contributed by atoms with van der Waals surface area (Å²) in [5, 5.41) is 2.52. The highest BCUT2D eigenvalue weighted by molar-refractivity contribution is 7.52. The van der Waals surface area contributed by atoms with Crippen molar-refractivity contribution >= 4 is 13.7 Å². The van der Waals surface area contributed by atoms with Gasteiger partial charge in [-0.25, -0.2) is 13.8 Å². The molecule has 38 heavy (non-hydrogen) atoms. The minimum absolute atomic E-state index is 0.119. The molecule has 0 bridgehead atoms. The van der Waals surface area contributed by atoms with E-state index in [4.69, 9.17) is 24.9 Å². The number of halogens is 1. The summed E-state index contributed by atoms with van der Waals surface area (Å²) in [7, 11) is -4.37. The van der Waals surface area contributed by atoms with Crippen LogP contribution in [0.4, 0.5) is 4.39 Å². The van der Waals surface area contributed by atoms with Gasteiger partial charge in [0.2, 0.25) is 0 Å². The van der Waals surface area contributed by atoms with E-state index in [0.717, 1.165) is 29.9 Å². The molecule has 2 aromatic rings. The Balaban J connectivity index is 1.51.